The van der Waals surface area contributed by atoms with Gasteiger partial charge in [-0.2, -0.15) is 26.3 Å². The van der Waals surface area contributed by atoms with Gasteiger partial charge in [0.15, 0.2) is 0 Å². The molecular formula is C10H5F6NO. The first-order valence-electron chi connectivity index (χ1n) is 4.36. The molecule has 0 atom stereocenters. The largest absolute Gasteiger partial charge is 0.416 e. The molecule has 98 valence electrons. The molecule has 0 spiro atoms. The third-order valence-electron chi connectivity index (χ3n) is 1.98. The maximum absolute atomic E-state index is 12.4. The average molecular weight is 269 g/mol. The number of benzene rings is 1. The van der Waals surface area contributed by atoms with Gasteiger partial charge in [0.25, 0.3) is 5.91 Å². The third kappa shape index (κ3) is 3.08. The maximum Gasteiger partial charge on any atom is 0.416 e. The van der Waals surface area contributed by atoms with E-state index in [1.54, 1.807) is 0 Å². The highest BCUT2D eigenvalue weighted by Crippen LogP contribution is 2.36. The Balaban J connectivity index is 3.48. The fourth-order valence-electron chi connectivity index (χ4n) is 1.17. The van der Waals surface area contributed by atoms with Gasteiger partial charge in [-0.05, 0) is 24.9 Å². The summed E-state index contributed by atoms with van der Waals surface area (Å²) in [6, 6.07) is 0.526. The molecule has 0 saturated heterocycles. The first-order valence-corrected chi connectivity index (χ1v) is 4.36. The number of alkyl halides is 6. The van der Waals surface area contributed by atoms with Crippen molar-refractivity contribution >= 4 is 12.6 Å². The highest BCUT2D eigenvalue weighted by molar-refractivity contribution is 5.97. The van der Waals surface area contributed by atoms with E-state index in [4.69, 9.17) is 0 Å². The van der Waals surface area contributed by atoms with Crippen LogP contribution in [0.5, 0.6) is 0 Å². The summed E-state index contributed by atoms with van der Waals surface area (Å²) in [5.41, 5.74) is -3.94. The molecular weight excluding hydrogens is 264 g/mol. The Bertz CT molecular complexity index is 456. The molecule has 8 heteroatoms. The minimum absolute atomic E-state index is 0.0696. The van der Waals surface area contributed by atoms with Crippen molar-refractivity contribution in [3.8, 4) is 0 Å². The van der Waals surface area contributed by atoms with Crippen LogP contribution in [0.15, 0.2) is 23.2 Å². The molecule has 0 N–H and O–H groups in total. The van der Waals surface area contributed by atoms with E-state index in [1.807, 2.05) is 0 Å². The monoisotopic (exact) mass is 269 g/mol. The third-order valence-corrected chi connectivity index (χ3v) is 1.98. The summed E-state index contributed by atoms with van der Waals surface area (Å²) in [7, 11) is 0. The zero-order valence-electron chi connectivity index (χ0n) is 8.56. The van der Waals surface area contributed by atoms with E-state index in [0.717, 1.165) is 0 Å². The molecule has 2 nitrogen and oxygen atoms in total. The second-order valence-electron chi connectivity index (χ2n) is 3.26. The van der Waals surface area contributed by atoms with Crippen molar-refractivity contribution in [1.29, 1.82) is 0 Å². The fourth-order valence-corrected chi connectivity index (χ4v) is 1.17. The van der Waals surface area contributed by atoms with Crippen molar-refractivity contribution in [1.82, 2.24) is 0 Å². The minimum Gasteiger partial charge on any atom is -0.267 e. The number of hydrogen-bond acceptors (Lipinski definition) is 1. The standard InChI is InChI=1S/C10H5F6NO/c1-17-8(18)5-2-6(9(11,12)13)4-7(3-5)10(14,15)16/h2-4H,1H2. The summed E-state index contributed by atoms with van der Waals surface area (Å²) in [5, 5.41) is 0. The Morgan fingerprint density at radius 2 is 1.33 bits per heavy atom. The molecule has 0 fully saturated rings. The van der Waals surface area contributed by atoms with Crippen molar-refractivity contribution < 1.29 is 31.1 Å². The predicted octanol–water partition coefficient (Wildman–Crippen LogP) is 3.57. The summed E-state index contributed by atoms with van der Waals surface area (Å²) in [5.74, 6) is -1.26. The first-order chi connectivity index (χ1) is 8.05. The fraction of sp³-hybridized carbons (Fsp3) is 0.200. The van der Waals surface area contributed by atoms with E-state index in [0.29, 0.717) is 12.1 Å². The smallest absolute Gasteiger partial charge is 0.267 e. The number of carbonyl (C=O) groups excluding carboxylic acids is 1. The van der Waals surface area contributed by atoms with Crippen LogP contribution in [0.25, 0.3) is 0 Å². The summed E-state index contributed by atoms with van der Waals surface area (Å²) >= 11 is 0. The van der Waals surface area contributed by atoms with Gasteiger partial charge in [-0.3, -0.25) is 4.79 Å². The Labute approximate surface area is 96.9 Å². The van der Waals surface area contributed by atoms with Gasteiger partial charge in [0.05, 0.1) is 11.1 Å². The average Bonchev–Trinajstić information content (AvgIpc) is 2.25. The number of aliphatic imine (C=N–C) groups is 1. The molecule has 1 aromatic carbocycles. The number of nitrogens with zero attached hydrogens (tertiary/aromatic N) is 1. The van der Waals surface area contributed by atoms with Gasteiger partial charge < -0.3 is 0 Å². The van der Waals surface area contributed by atoms with Crippen LogP contribution in [0.1, 0.15) is 21.5 Å². The van der Waals surface area contributed by atoms with Crippen molar-refractivity contribution in [3.63, 3.8) is 0 Å². The zero-order chi connectivity index (χ0) is 14.1. The zero-order valence-corrected chi connectivity index (χ0v) is 8.56. The highest BCUT2D eigenvalue weighted by atomic mass is 19.4. The van der Waals surface area contributed by atoms with Crippen LogP contribution in [-0.4, -0.2) is 12.6 Å². The summed E-state index contributed by atoms with van der Waals surface area (Å²) in [6.45, 7) is 2.76. The lowest BCUT2D eigenvalue weighted by Crippen LogP contribution is -2.13. The van der Waals surface area contributed by atoms with Crippen molar-refractivity contribution in [2.24, 2.45) is 4.99 Å². The molecule has 0 unspecified atom stereocenters. The van der Waals surface area contributed by atoms with Gasteiger partial charge in [-0.1, -0.05) is 0 Å². The predicted molar refractivity (Wildman–Crippen MR) is 50.3 cm³/mol. The summed E-state index contributed by atoms with van der Waals surface area (Å²) in [6.07, 6.45) is -9.98. The molecule has 1 rings (SSSR count). The molecule has 0 saturated carbocycles. The van der Waals surface area contributed by atoms with Crippen LogP contribution >= 0.6 is 0 Å². The van der Waals surface area contributed by atoms with Crippen LogP contribution < -0.4 is 0 Å². The second-order valence-corrected chi connectivity index (χ2v) is 3.26. The van der Waals surface area contributed by atoms with E-state index < -0.39 is 35.0 Å². The molecule has 0 aliphatic rings. The number of amides is 1. The number of rotatable bonds is 1. The molecule has 0 heterocycles. The summed E-state index contributed by atoms with van der Waals surface area (Å²) < 4.78 is 74.3. The Hall–Kier alpha value is -1.86. The van der Waals surface area contributed by atoms with Gasteiger partial charge in [-0.15, -0.1) is 0 Å². The van der Waals surface area contributed by atoms with Gasteiger partial charge in [0, 0.05) is 5.56 Å². The van der Waals surface area contributed by atoms with Crippen LogP contribution in [0.4, 0.5) is 26.3 Å². The molecule has 0 bridgehead atoms. The number of halogens is 6. The number of hydrogen-bond donors (Lipinski definition) is 0. The lowest BCUT2D eigenvalue weighted by atomic mass is 10.0. The van der Waals surface area contributed by atoms with Crippen molar-refractivity contribution in [2.75, 3.05) is 0 Å². The topological polar surface area (TPSA) is 29.4 Å². The molecule has 18 heavy (non-hydrogen) atoms. The second kappa shape index (κ2) is 4.43. The number of carbonyl (C=O) groups is 1. The van der Waals surface area contributed by atoms with E-state index in [-0.39, 0.29) is 6.07 Å². The molecule has 1 amide bonds. The van der Waals surface area contributed by atoms with Crippen LogP contribution in [0.3, 0.4) is 0 Å². The highest BCUT2D eigenvalue weighted by Gasteiger charge is 2.37. The van der Waals surface area contributed by atoms with Gasteiger partial charge in [0.2, 0.25) is 0 Å². The van der Waals surface area contributed by atoms with Crippen LogP contribution in [0.2, 0.25) is 0 Å². The van der Waals surface area contributed by atoms with Crippen LogP contribution in [0, 0.1) is 0 Å². The Morgan fingerprint density at radius 3 is 1.61 bits per heavy atom. The van der Waals surface area contributed by atoms with Gasteiger partial charge in [-0.25, -0.2) is 4.99 Å². The normalized spacial score (nSPS) is 12.3. The van der Waals surface area contributed by atoms with Crippen molar-refractivity contribution in [2.45, 2.75) is 12.4 Å². The van der Waals surface area contributed by atoms with Gasteiger partial charge >= 0.3 is 12.4 Å². The lowest BCUT2D eigenvalue weighted by molar-refractivity contribution is -0.143. The Morgan fingerprint density at radius 1 is 0.944 bits per heavy atom. The minimum atomic E-state index is -4.99. The summed E-state index contributed by atoms with van der Waals surface area (Å²) in [4.78, 5) is 13.8. The molecule has 0 aliphatic heterocycles. The molecule has 0 radical (unpaired) electrons. The Kier molecular flexibility index (Phi) is 3.50. The van der Waals surface area contributed by atoms with E-state index in [9.17, 15) is 31.1 Å². The first kappa shape index (κ1) is 14.2. The van der Waals surface area contributed by atoms with Gasteiger partial charge in [0.1, 0.15) is 0 Å². The van der Waals surface area contributed by atoms with E-state index >= 15 is 0 Å². The lowest BCUT2D eigenvalue weighted by Gasteiger charge is -2.12. The SMILES string of the molecule is C=NC(=O)c1cc(C(F)(F)F)cc(C(F)(F)F)c1. The van der Waals surface area contributed by atoms with Crippen molar-refractivity contribution in [3.05, 3.63) is 34.9 Å². The maximum atomic E-state index is 12.4. The van der Waals surface area contributed by atoms with Crippen LogP contribution in [-0.2, 0) is 12.4 Å². The molecule has 0 aromatic heterocycles. The molecule has 0 aliphatic carbocycles. The van der Waals surface area contributed by atoms with E-state index in [2.05, 4.69) is 11.7 Å². The van der Waals surface area contributed by atoms with E-state index in [1.165, 1.54) is 0 Å². The quantitative estimate of drug-likeness (QED) is 0.566. The molecule has 1 aromatic rings.